The highest BCUT2D eigenvalue weighted by Gasteiger charge is 2.46. The van der Waals surface area contributed by atoms with Crippen molar-refractivity contribution in [2.45, 2.75) is 25.6 Å². The van der Waals surface area contributed by atoms with E-state index in [0.29, 0.717) is 28.9 Å². The van der Waals surface area contributed by atoms with Gasteiger partial charge in [-0.1, -0.05) is 30.3 Å². The van der Waals surface area contributed by atoms with E-state index in [2.05, 4.69) is 4.98 Å². The fourth-order valence-corrected chi connectivity index (χ4v) is 4.07. The summed E-state index contributed by atoms with van der Waals surface area (Å²) in [7, 11) is 0. The number of carbonyl (C=O) groups excluding carboxylic acids is 2. The highest BCUT2D eigenvalue weighted by molar-refractivity contribution is 6.11. The van der Waals surface area contributed by atoms with Crippen molar-refractivity contribution in [1.82, 2.24) is 4.98 Å². The summed E-state index contributed by atoms with van der Waals surface area (Å²) in [6.45, 7) is 1.79. The van der Waals surface area contributed by atoms with E-state index in [1.807, 2.05) is 30.3 Å². The molecule has 6 nitrogen and oxygen atoms in total. The number of amides is 1. The van der Waals surface area contributed by atoms with Gasteiger partial charge in [0.05, 0.1) is 23.1 Å². The second-order valence-corrected chi connectivity index (χ2v) is 7.48. The van der Waals surface area contributed by atoms with Crippen molar-refractivity contribution in [3.8, 4) is 0 Å². The molecule has 3 heterocycles. The van der Waals surface area contributed by atoms with Crippen molar-refractivity contribution in [2.75, 3.05) is 4.90 Å². The fraction of sp³-hybridized carbons (Fsp3) is 0.174. The molecule has 0 spiro atoms. The van der Waals surface area contributed by atoms with Crippen LogP contribution >= 0.6 is 0 Å². The Morgan fingerprint density at radius 3 is 2.83 bits per heavy atom. The molecule has 1 aromatic heterocycles. The Morgan fingerprint density at radius 1 is 1.14 bits per heavy atom. The van der Waals surface area contributed by atoms with Gasteiger partial charge >= 0.3 is 5.97 Å². The van der Waals surface area contributed by atoms with Crippen LogP contribution in [0.25, 0.3) is 0 Å². The molecule has 2 aromatic carbocycles. The molecule has 6 heteroatoms. The minimum absolute atomic E-state index is 0.276. The Labute approximate surface area is 167 Å². The number of hydrogen-bond acceptors (Lipinski definition) is 5. The summed E-state index contributed by atoms with van der Waals surface area (Å²) >= 11 is 0. The minimum Gasteiger partial charge on any atom is -0.457 e. The predicted octanol–water partition coefficient (Wildman–Crippen LogP) is 3.23. The van der Waals surface area contributed by atoms with Crippen molar-refractivity contribution in [1.29, 1.82) is 0 Å². The number of nitrogens with zero attached hydrogens (tertiary/aromatic N) is 2. The maximum Gasteiger partial charge on any atom is 0.338 e. The average molecular weight is 386 g/mol. The first-order valence-corrected chi connectivity index (χ1v) is 9.35. The van der Waals surface area contributed by atoms with E-state index >= 15 is 0 Å². The van der Waals surface area contributed by atoms with E-state index < -0.39 is 11.5 Å². The molecule has 0 saturated heterocycles. The van der Waals surface area contributed by atoms with E-state index in [0.717, 1.165) is 16.7 Å². The van der Waals surface area contributed by atoms with Gasteiger partial charge in [0.15, 0.2) is 5.60 Å². The Hall–Kier alpha value is -3.51. The molecule has 5 rings (SSSR count). The second-order valence-electron chi connectivity index (χ2n) is 7.48. The fourth-order valence-electron chi connectivity index (χ4n) is 4.07. The van der Waals surface area contributed by atoms with Crippen molar-refractivity contribution in [3.05, 3.63) is 88.7 Å². The van der Waals surface area contributed by atoms with Crippen LogP contribution in [0.3, 0.4) is 0 Å². The number of anilines is 2. The molecule has 0 aliphatic carbocycles. The molecule has 29 heavy (non-hydrogen) atoms. The first-order valence-electron chi connectivity index (χ1n) is 9.35. The normalized spacial score (nSPS) is 19.9. The van der Waals surface area contributed by atoms with Gasteiger partial charge in [-0.15, -0.1) is 0 Å². The molecule has 2 aliphatic heterocycles. The number of hydrogen-bond donors (Lipinski definition) is 1. The number of fused-ring (bicyclic) bond motifs is 2. The first kappa shape index (κ1) is 17.6. The smallest absolute Gasteiger partial charge is 0.338 e. The maximum atomic E-state index is 12.9. The van der Waals surface area contributed by atoms with Crippen molar-refractivity contribution in [2.24, 2.45) is 0 Å². The van der Waals surface area contributed by atoms with Crippen molar-refractivity contribution >= 4 is 23.3 Å². The molecule has 0 radical (unpaired) electrons. The Morgan fingerprint density at radius 2 is 1.97 bits per heavy atom. The van der Waals surface area contributed by atoms with Gasteiger partial charge in [0.1, 0.15) is 6.61 Å². The number of aliphatic hydroxyl groups is 1. The van der Waals surface area contributed by atoms with Gasteiger partial charge in [0, 0.05) is 17.3 Å². The molecule has 1 N–H and O–H groups in total. The van der Waals surface area contributed by atoms with E-state index in [9.17, 15) is 14.7 Å². The van der Waals surface area contributed by atoms with Crippen LogP contribution in [-0.4, -0.2) is 22.0 Å². The highest BCUT2D eigenvalue weighted by atomic mass is 16.5. The number of benzene rings is 2. The molecular weight excluding hydrogens is 368 g/mol. The third-order valence-corrected chi connectivity index (χ3v) is 5.56. The van der Waals surface area contributed by atoms with E-state index in [1.165, 1.54) is 11.8 Å². The van der Waals surface area contributed by atoms with Gasteiger partial charge in [-0.05, 0) is 42.7 Å². The number of esters is 1. The van der Waals surface area contributed by atoms with Gasteiger partial charge in [0.25, 0.3) is 5.91 Å². The van der Waals surface area contributed by atoms with Crippen LogP contribution in [0.1, 0.15) is 39.5 Å². The Kier molecular flexibility index (Phi) is 3.79. The van der Waals surface area contributed by atoms with Gasteiger partial charge in [-0.25, -0.2) is 4.79 Å². The number of carbonyl (C=O) groups is 2. The third-order valence-electron chi connectivity index (χ3n) is 5.56. The quantitative estimate of drug-likeness (QED) is 0.699. The number of pyridine rings is 1. The number of ether oxygens (including phenoxy) is 1. The lowest BCUT2D eigenvalue weighted by Gasteiger charge is -2.20. The van der Waals surface area contributed by atoms with Gasteiger partial charge in [0.2, 0.25) is 0 Å². The molecule has 0 bridgehead atoms. The summed E-state index contributed by atoms with van der Waals surface area (Å²) in [6, 6.07) is 14.7. The van der Waals surface area contributed by atoms with Crippen LogP contribution in [0.4, 0.5) is 11.4 Å². The van der Waals surface area contributed by atoms with Crippen molar-refractivity contribution < 1.29 is 19.4 Å². The zero-order valence-electron chi connectivity index (χ0n) is 15.8. The van der Waals surface area contributed by atoms with E-state index in [4.69, 9.17) is 4.74 Å². The molecule has 1 atom stereocenters. The summed E-state index contributed by atoms with van der Waals surface area (Å²) in [4.78, 5) is 30.6. The summed E-state index contributed by atoms with van der Waals surface area (Å²) in [5.74, 6) is -0.701. The van der Waals surface area contributed by atoms with Crippen LogP contribution in [0.2, 0.25) is 0 Å². The molecule has 1 amide bonds. The minimum atomic E-state index is -1.58. The summed E-state index contributed by atoms with van der Waals surface area (Å²) in [5.41, 5.74) is 3.63. The number of aromatic nitrogens is 1. The zero-order chi connectivity index (χ0) is 20.2. The Balaban J connectivity index is 1.52. The topological polar surface area (TPSA) is 79.7 Å². The lowest BCUT2D eigenvalue weighted by atomic mass is 9.98. The Bertz CT molecular complexity index is 1170. The van der Waals surface area contributed by atoms with E-state index in [-0.39, 0.29) is 12.6 Å². The van der Waals surface area contributed by atoms with Crippen molar-refractivity contribution in [3.63, 3.8) is 0 Å². The zero-order valence-corrected chi connectivity index (χ0v) is 15.8. The average Bonchev–Trinajstić information content (AvgIpc) is 3.19. The lowest BCUT2D eigenvalue weighted by molar-refractivity contribution is -0.133. The molecule has 3 aromatic rings. The van der Waals surface area contributed by atoms with Crippen LogP contribution in [0.5, 0.6) is 0 Å². The monoisotopic (exact) mass is 386 g/mol. The summed E-state index contributed by atoms with van der Waals surface area (Å²) in [5, 5.41) is 10.7. The SMILES string of the molecule is C[C@]1(O)C(=O)N(c2cncc(Cc3cccc4c3COC4=O)c2)c2ccccc21. The van der Waals surface area contributed by atoms with Crippen LogP contribution in [0, 0.1) is 0 Å². The van der Waals surface area contributed by atoms with Crippen LogP contribution < -0.4 is 4.90 Å². The van der Waals surface area contributed by atoms with Gasteiger partial charge in [-0.2, -0.15) is 0 Å². The summed E-state index contributed by atoms with van der Waals surface area (Å²) in [6.07, 6.45) is 3.91. The summed E-state index contributed by atoms with van der Waals surface area (Å²) < 4.78 is 5.15. The van der Waals surface area contributed by atoms with Gasteiger partial charge < -0.3 is 9.84 Å². The molecule has 0 unspecified atom stereocenters. The van der Waals surface area contributed by atoms with E-state index in [1.54, 1.807) is 30.6 Å². The molecule has 2 aliphatic rings. The number of para-hydroxylation sites is 1. The maximum absolute atomic E-state index is 12.9. The number of rotatable bonds is 3. The molecule has 144 valence electrons. The highest BCUT2D eigenvalue weighted by Crippen LogP contribution is 2.43. The van der Waals surface area contributed by atoms with Crippen LogP contribution in [-0.2, 0) is 28.2 Å². The molecular formula is C23H18N2O4. The van der Waals surface area contributed by atoms with Crippen LogP contribution in [0.15, 0.2) is 60.9 Å². The van der Waals surface area contributed by atoms with Gasteiger partial charge in [-0.3, -0.25) is 14.7 Å². The second kappa shape index (κ2) is 6.25. The largest absolute Gasteiger partial charge is 0.457 e. The third kappa shape index (κ3) is 2.64. The molecule has 0 fully saturated rings. The first-order chi connectivity index (χ1) is 14.0. The lowest BCUT2D eigenvalue weighted by Crippen LogP contribution is -2.35. The number of cyclic esters (lactones) is 1. The molecule has 0 saturated carbocycles. The predicted molar refractivity (Wildman–Crippen MR) is 106 cm³/mol. The standard InChI is InChI=1S/C23H18N2O4/c1-23(28)19-7-2-3-8-20(19)25(22(23)27)16-10-14(11-24-12-16)9-15-5-4-6-17-18(15)13-29-21(17)26/h2-8,10-12,28H,9,13H2,1H3/t23-/m1/s1.